The first-order valence-corrected chi connectivity index (χ1v) is 15.5. The molecule has 0 radical (unpaired) electrons. The van der Waals surface area contributed by atoms with Gasteiger partial charge < -0.3 is 20.1 Å². The number of nitrogens with one attached hydrogen (secondary N) is 4. The van der Waals surface area contributed by atoms with Gasteiger partial charge in [0.2, 0.25) is 0 Å². The average Bonchev–Trinajstić information content (AvgIpc) is 3.04. The molecule has 1 atom stereocenters. The second kappa shape index (κ2) is 15.5. The first-order chi connectivity index (χ1) is 21.6. The molecule has 0 bridgehead atoms. The highest BCUT2D eigenvalue weighted by molar-refractivity contribution is 7.90. The number of carbonyl (C=O) groups is 3. The molecule has 0 heterocycles. The number of hydrogen-bond donors (Lipinski definition) is 4. The minimum atomic E-state index is -4.33. The number of anilines is 1. The van der Waals surface area contributed by atoms with Gasteiger partial charge in [0, 0.05) is 17.7 Å². The Labute approximate surface area is 266 Å². The van der Waals surface area contributed by atoms with Crippen molar-refractivity contribution in [3.63, 3.8) is 0 Å². The minimum absolute atomic E-state index is 0.00583. The lowest BCUT2D eigenvalue weighted by Gasteiger charge is -2.19. The molecule has 11 nitrogen and oxygen atoms in total. The number of methoxy groups -OCH3 is 1. The van der Waals surface area contributed by atoms with E-state index in [1.165, 1.54) is 31.4 Å². The van der Waals surface area contributed by atoms with Crippen molar-refractivity contribution >= 4 is 50.9 Å². The van der Waals surface area contributed by atoms with Crippen molar-refractivity contribution in [3.8, 4) is 5.75 Å². The number of ether oxygens (including phenoxy) is 2. The Bertz CT molecular complexity index is 1730. The molecule has 0 saturated heterocycles. The number of alkyl carbamates (subject to hydrolysis) is 1. The van der Waals surface area contributed by atoms with Crippen LogP contribution in [0.25, 0.3) is 0 Å². The smallest absolute Gasteiger partial charge is 0.408 e. The van der Waals surface area contributed by atoms with Crippen LogP contribution in [0, 0.1) is 0 Å². The highest BCUT2D eigenvalue weighted by Gasteiger charge is 2.27. The molecule has 0 fully saturated rings. The summed E-state index contributed by atoms with van der Waals surface area (Å²) in [7, 11) is -2.81. The van der Waals surface area contributed by atoms with E-state index in [2.05, 4.69) is 16.0 Å². The zero-order valence-corrected chi connectivity index (χ0v) is 25.7. The molecule has 45 heavy (non-hydrogen) atoms. The molecule has 4 aromatic rings. The minimum Gasteiger partial charge on any atom is -0.497 e. The van der Waals surface area contributed by atoms with Gasteiger partial charge >= 0.3 is 6.09 Å². The molecule has 232 valence electrons. The molecule has 4 rings (SSSR count). The molecular weight excluding hydrogens is 617 g/mol. The number of amides is 3. The van der Waals surface area contributed by atoms with Crippen molar-refractivity contribution in [1.82, 2.24) is 15.4 Å². The van der Waals surface area contributed by atoms with Gasteiger partial charge in [-0.05, 0) is 71.9 Å². The van der Waals surface area contributed by atoms with Crippen LogP contribution in [0.4, 0.5) is 10.5 Å². The third-order valence-corrected chi connectivity index (χ3v) is 7.91. The molecule has 4 N–H and O–H groups in total. The lowest BCUT2D eigenvalue weighted by molar-refractivity contribution is -0.121. The average molecular weight is 647 g/mol. The Hall–Kier alpha value is -5.27. The maximum Gasteiger partial charge on any atom is 0.408 e. The lowest BCUT2D eigenvalue weighted by Crippen LogP contribution is -2.49. The molecule has 0 saturated carbocycles. The van der Waals surface area contributed by atoms with E-state index in [9.17, 15) is 22.8 Å². The molecule has 0 aromatic heterocycles. The number of carbonyl (C=O) groups excluding carboxylic acids is 3. The second-order valence-electron chi connectivity index (χ2n) is 9.58. The molecule has 0 unspecified atom stereocenters. The van der Waals surface area contributed by atoms with Crippen molar-refractivity contribution in [3.05, 3.63) is 126 Å². The van der Waals surface area contributed by atoms with Crippen LogP contribution in [0.15, 0.2) is 114 Å². The Morgan fingerprint density at radius 2 is 1.40 bits per heavy atom. The van der Waals surface area contributed by atoms with E-state index in [1.807, 2.05) is 10.8 Å². The van der Waals surface area contributed by atoms with Crippen LogP contribution in [0.1, 0.15) is 21.5 Å². The van der Waals surface area contributed by atoms with Gasteiger partial charge in [-0.3, -0.25) is 14.9 Å². The van der Waals surface area contributed by atoms with Gasteiger partial charge in [-0.15, -0.1) is 0 Å². The molecule has 0 spiro atoms. The third-order valence-electron chi connectivity index (χ3n) is 6.34. The monoisotopic (exact) mass is 646 g/mol. The Balaban J connectivity index is 1.37. The third kappa shape index (κ3) is 9.88. The largest absolute Gasteiger partial charge is 0.497 e. The Kier molecular flexibility index (Phi) is 11.2. The van der Waals surface area contributed by atoms with Gasteiger partial charge in [0.25, 0.3) is 21.8 Å². The number of benzene rings is 4. The number of sulfonamides is 1. The number of rotatable bonds is 11. The fraction of sp³-hybridized carbons (Fsp3) is 0.125. The fourth-order valence-corrected chi connectivity index (χ4v) is 5.26. The normalized spacial score (nSPS) is 11.4. The van der Waals surface area contributed by atoms with Crippen molar-refractivity contribution < 1.29 is 32.3 Å². The van der Waals surface area contributed by atoms with Gasteiger partial charge in [-0.1, -0.05) is 60.7 Å². The van der Waals surface area contributed by atoms with Crippen LogP contribution in [-0.2, 0) is 32.6 Å². The predicted octanol–water partition coefficient (Wildman–Crippen LogP) is 4.16. The summed E-state index contributed by atoms with van der Waals surface area (Å²) < 4.78 is 38.5. The van der Waals surface area contributed by atoms with Crippen LogP contribution < -0.4 is 25.4 Å². The highest BCUT2D eigenvalue weighted by Crippen LogP contribution is 2.16. The van der Waals surface area contributed by atoms with Crippen LogP contribution >= 0.6 is 12.2 Å². The van der Waals surface area contributed by atoms with E-state index >= 15 is 0 Å². The van der Waals surface area contributed by atoms with Gasteiger partial charge in [-0.2, -0.15) is 0 Å². The Morgan fingerprint density at radius 3 is 2.00 bits per heavy atom. The van der Waals surface area contributed by atoms with Crippen molar-refractivity contribution in [2.24, 2.45) is 0 Å². The summed E-state index contributed by atoms with van der Waals surface area (Å²) in [5, 5.41) is 7.81. The first kappa shape index (κ1) is 32.6. The summed E-state index contributed by atoms with van der Waals surface area (Å²) in [4.78, 5) is 38.0. The van der Waals surface area contributed by atoms with Gasteiger partial charge in [-0.25, -0.2) is 17.9 Å². The van der Waals surface area contributed by atoms with E-state index in [-0.39, 0.29) is 23.0 Å². The van der Waals surface area contributed by atoms with E-state index < -0.39 is 34.0 Å². The molecule has 0 aliphatic rings. The lowest BCUT2D eigenvalue weighted by atomic mass is 10.1. The molecule has 0 aliphatic heterocycles. The maximum atomic E-state index is 13.2. The van der Waals surface area contributed by atoms with Gasteiger partial charge in [0.1, 0.15) is 18.4 Å². The zero-order chi connectivity index (χ0) is 32.2. The highest BCUT2D eigenvalue weighted by atomic mass is 32.2. The van der Waals surface area contributed by atoms with Gasteiger partial charge in [0.05, 0.1) is 12.0 Å². The summed E-state index contributed by atoms with van der Waals surface area (Å²) in [5.41, 5.74) is 2.20. The van der Waals surface area contributed by atoms with E-state index in [0.717, 1.165) is 5.56 Å². The van der Waals surface area contributed by atoms with Crippen LogP contribution in [-0.4, -0.2) is 44.6 Å². The SMILES string of the molecule is COc1ccc(C(=O)NC(=S)Nc2ccc(S(=O)(=O)NC(=O)[C@H](Cc3ccccc3)NC(=O)OCc3ccccc3)cc2)cc1. The van der Waals surface area contributed by atoms with Crippen LogP contribution in [0.3, 0.4) is 0 Å². The van der Waals surface area contributed by atoms with E-state index in [0.29, 0.717) is 22.6 Å². The Morgan fingerprint density at radius 1 is 0.800 bits per heavy atom. The summed E-state index contributed by atoms with van der Waals surface area (Å²) in [6.45, 7) is -0.0281. The molecule has 4 aromatic carbocycles. The quantitative estimate of drug-likeness (QED) is 0.176. The van der Waals surface area contributed by atoms with E-state index in [4.69, 9.17) is 21.7 Å². The van der Waals surface area contributed by atoms with Crippen molar-refractivity contribution in [1.29, 1.82) is 0 Å². The summed E-state index contributed by atoms with van der Waals surface area (Å²) in [6.07, 6.45) is -0.858. The van der Waals surface area contributed by atoms with Crippen LogP contribution in [0.2, 0.25) is 0 Å². The van der Waals surface area contributed by atoms with Crippen molar-refractivity contribution in [2.45, 2.75) is 24.0 Å². The topological polar surface area (TPSA) is 152 Å². The van der Waals surface area contributed by atoms with Crippen LogP contribution in [0.5, 0.6) is 5.75 Å². The molecule has 13 heteroatoms. The molecule has 3 amide bonds. The maximum absolute atomic E-state index is 13.2. The molecule has 0 aliphatic carbocycles. The molecular formula is C32H30N4O7S2. The number of hydrogen-bond acceptors (Lipinski definition) is 8. The standard InChI is InChI=1S/C32H30N4O7S2/c1-42-26-16-12-24(13-17-26)29(37)35-31(44)33-25-14-18-27(19-15-25)45(40,41)36-30(38)28(20-22-8-4-2-5-9-22)34-32(39)43-21-23-10-6-3-7-11-23/h2-19,28H,20-21H2,1H3,(H,34,39)(H,36,38)(H2,33,35,37,44)/t28-/m0/s1. The summed E-state index contributed by atoms with van der Waals surface area (Å²) >= 11 is 5.20. The van der Waals surface area contributed by atoms with E-state index in [1.54, 1.807) is 78.9 Å². The zero-order valence-electron chi connectivity index (χ0n) is 24.1. The predicted molar refractivity (Wildman–Crippen MR) is 172 cm³/mol. The second-order valence-corrected chi connectivity index (χ2v) is 11.7. The summed E-state index contributed by atoms with van der Waals surface area (Å²) in [6, 6.07) is 28.4. The number of thiocarbonyl (C=S) groups is 1. The van der Waals surface area contributed by atoms with Gasteiger partial charge in [0.15, 0.2) is 5.11 Å². The summed E-state index contributed by atoms with van der Waals surface area (Å²) in [5.74, 6) is -0.789. The van der Waals surface area contributed by atoms with Crippen molar-refractivity contribution in [2.75, 3.05) is 12.4 Å². The first-order valence-electron chi connectivity index (χ1n) is 13.6. The fourth-order valence-electron chi connectivity index (χ4n) is 4.03.